The second kappa shape index (κ2) is 6.60. The van der Waals surface area contributed by atoms with Gasteiger partial charge in [0.15, 0.2) is 0 Å². The number of nitro groups is 1. The van der Waals surface area contributed by atoms with Gasteiger partial charge in [0, 0.05) is 17.5 Å². The Balaban J connectivity index is 2.43. The maximum atomic E-state index is 12.8. The zero-order valence-electron chi connectivity index (χ0n) is 13.5. The first-order chi connectivity index (χ1) is 10.8. The molecule has 0 aliphatic rings. The Bertz CT molecular complexity index is 706. The van der Waals surface area contributed by atoms with Crippen LogP contribution in [0.15, 0.2) is 54.6 Å². The minimum atomic E-state index is -0.584. The van der Waals surface area contributed by atoms with Crippen LogP contribution >= 0.6 is 0 Å². The predicted molar refractivity (Wildman–Crippen MR) is 90.2 cm³/mol. The molecule has 5 nitrogen and oxygen atoms in total. The van der Waals surface area contributed by atoms with Crippen molar-refractivity contribution in [3.8, 4) is 0 Å². The number of amides is 1. The number of rotatable bonds is 4. The third-order valence-corrected chi connectivity index (χ3v) is 3.42. The maximum Gasteiger partial charge on any atom is 0.271 e. The third kappa shape index (κ3) is 4.16. The smallest absolute Gasteiger partial charge is 0.271 e. The van der Waals surface area contributed by atoms with Crippen molar-refractivity contribution < 1.29 is 9.72 Å². The summed E-state index contributed by atoms with van der Waals surface area (Å²) in [5, 5.41) is 11.0. The van der Waals surface area contributed by atoms with Crippen LogP contribution in [0.2, 0.25) is 0 Å². The number of nitrogens with zero attached hydrogens (tertiary/aromatic N) is 2. The van der Waals surface area contributed by atoms with Gasteiger partial charge in [0.05, 0.1) is 17.2 Å². The molecule has 0 fully saturated rings. The molecular weight excluding hydrogens is 292 g/mol. The van der Waals surface area contributed by atoms with Gasteiger partial charge in [0.2, 0.25) is 5.91 Å². The summed E-state index contributed by atoms with van der Waals surface area (Å²) in [6.07, 6.45) is 0. The fraction of sp³-hybridized carbons (Fsp3) is 0.278. The van der Waals surface area contributed by atoms with Crippen LogP contribution in [0.3, 0.4) is 0 Å². The van der Waals surface area contributed by atoms with Crippen molar-refractivity contribution in [3.63, 3.8) is 0 Å². The van der Waals surface area contributed by atoms with E-state index in [1.807, 2.05) is 51.1 Å². The molecule has 1 amide bonds. The fourth-order valence-electron chi connectivity index (χ4n) is 2.23. The van der Waals surface area contributed by atoms with Gasteiger partial charge in [-0.3, -0.25) is 14.9 Å². The maximum absolute atomic E-state index is 12.8. The van der Waals surface area contributed by atoms with Gasteiger partial charge in [-0.2, -0.15) is 0 Å². The Kier molecular flexibility index (Phi) is 4.79. The molecule has 0 saturated heterocycles. The summed E-state index contributed by atoms with van der Waals surface area (Å²) in [6.45, 7) is 5.89. The second-order valence-corrected chi connectivity index (χ2v) is 6.40. The summed E-state index contributed by atoms with van der Waals surface area (Å²) < 4.78 is 0. The van der Waals surface area contributed by atoms with Crippen LogP contribution in [0.25, 0.3) is 0 Å². The minimum absolute atomic E-state index is 0.0257. The summed E-state index contributed by atoms with van der Waals surface area (Å²) in [5.41, 5.74) is 0.890. The van der Waals surface area contributed by atoms with E-state index in [9.17, 15) is 14.9 Å². The van der Waals surface area contributed by atoms with Crippen molar-refractivity contribution in [1.82, 2.24) is 0 Å². The predicted octanol–water partition coefficient (Wildman–Crippen LogP) is 4.17. The molecule has 0 aliphatic carbocycles. The highest BCUT2D eigenvalue weighted by molar-refractivity contribution is 5.97. The van der Waals surface area contributed by atoms with E-state index < -0.39 is 10.3 Å². The average Bonchev–Trinajstić information content (AvgIpc) is 2.52. The van der Waals surface area contributed by atoms with Crippen LogP contribution in [-0.2, 0) is 11.3 Å². The van der Waals surface area contributed by atoms with Gasteiger partial charge >= 0.3 is 0 Å². The van der Waals surface area contributed by atoms with Crippen molar-refractivity contribution in [2.45, 2.75) is 27.3 Å². The van der Waals surface area contributed by atoms with E-state index in [2.05, 4.69) is 0 Å². The van der Waals surface area contributed by atoms with Gasteiger partial charge in [0.25, 0.3) is 5.69 Å². The molecule has 0 N–H and O–H groups in total. The molecule has 23 heavy (non-hydrogen) atoms. The van der Waals surface area contributed by atoms with E-state index in [1.54, 1.807) is 17.0 Å². The van der Waals surface area contributed by atoms with E-state index in [-0.39, 0.29) is 11.6 Å². The van der Waals surface area contributed by atoms with E-state index in [1.165, 1.54) is 12.1 Å². The molecule has 2 aromatic rings. The summed E-state index contributed by atoms with van der Waals surface area (Å²) in [6, 6.07) is 15.8. The number of nitro benzene ring substituents is 1. The summed E-state index contributed by atoms with van der Waals surface area (Å²) in [4.78, 5) is 25.0. The molecule has 5 heteroatoms. The first-order valence-electron chi connectivity index (χ1n) is 7.39. The lowest BCUT2D eigenvalue weighted by Gasteiger charge is -2.29. The van der Waals surface area contributed by atoms with Crippen LogP contribution in [0, 0.1) is 15.5 Å². The quantitative estimate of drug-likeness (QED) is 0.628. The lowest BCUT2D eigenvalue weighted by molar-refractivity contribution is -0.384. The Morgan fingerprint density at radius 3 is 2.30 bits per heavy atom. The normalized spacial score (nSPS) is 11.1. The molecule has 0 atom stereocenters. The second-order valence-electron chi connectivity index (χ2n) is 6.40. The number of hydrogen-bond donors (Lipinski definition) is 0. The Morgan fingerprint density at radius 1 is 1.09 bits per heavy atom. The van der Waals surface area contributed by atoms with Gasteiger partial charge in [-0.1, -0.05) is 57.2 Å². The monoisotopic (exact) mass is 312 g/mol. The first-order valence-corrected chi connectivity index (χ1v) is 7.39. The summed E-state index contributed by atoms with van der Waals surface area (Å²) in [5.74, 6) is -0.0816. The highest BCUT2D eigenvalue weighted by atomic mass is 16.6. The summed E-state index contributed by atoms with van der Waals surface area (Å²) in [7, 11) is 0. The van der Waals surface area contributed by atoms with Gasteiger partial charge in [0.1, 0.15) is 0 Å². The van der Waals surface area contributed by atoms with Crippen LogP contribution in [0.5, 0.6) is 0 Å². The average molecular weight is 312 g/mol. The third-order valence-electron chi connectivity index (χ3n) is 3.42. The topological polar surface area (TPSA) is 63.5 Å². The Morgan fingerprint density at radius 2 is 1.74 bits per heavy atom. The van der Waals surface area contributed by atoms with Crippen molar-refractivity contribution in [3.05, 3.63) is 70.3 Å². The highest BCUT2D eigenvalue weighted by Gasteiger charge is 2.29. The van der Waals surface area contributed by atoms with Crippen molar-refractivity contribution in [2.24, 2.45) is 5.41 Å². The largest absolute Gasteiger partial charge is 0.307 e. The van der Waals surface area contributed by atoms with Gasteiger partial charge in [-0.15, -0.1) is 0 Å². The standard InChI is InChI=1S/C18H20N2O3/c1-18(2,3)17(21)19(13-14-8-5-4-6-9-14)15-10-7-11-16(12-15)20(22)23/h4-12H,13H2,1-3H3. The van der Waals surface area contributed by atoms with Gasteiger partial charge in [-0.05, 0) is 11.6 Å². The van der Waals surface area contributed by atoms with Gasteiger partial charge < -0.3 is 4.90 Å². The van der Waals surface area contributed by atoms with Gasteiger partial charge in [-0.25, -0.2) is 0 Å². The number of carbonyl (C=O) groups is 1. The highest BCUT2D eigenvalue weighted by Crippen LogP contribution is 2.27. The molecule has 0 aliphatic heterocycles. The van der Waals surface area contributed by atoms with Crippen LogP contribution in [0.4, 0.5) is 11.4 Å². The molecule has 120 valence electrons. The number of non-ortho nitro benzene ring substituents is 1. The molecular formula is C18H20N2O3. The van der Waals surface area contributed by atoms with E-state index in [0.717, 1.165) is 5.56 Å². The molecule has 0 spiro atoms. The molecule has 0 radical (unpaired) electrons. The number of anilines is 1. The Labute approximate surface area is 135 Å². The molecule has 0 unspecified atom stereocenters. The molecule has 0 saturated carbocycles. The molecule has 0 heterocycles. The van der Waals surface area contributed by atoms with Crippen molar-refractivity contribution >= 4 is 17.3 Å². The zero-order valence-corrected chi connectivity index (χ0v) is 13.5. The Hall–Kier alpha value is -2.69. The molecule has 2 rings (SSSR count). The lowest BCUT2D eigenvalue weighted by Crippen LogP contribution is -2.39. The van der Waals surface area contributed by atoms with E-state index >= 15 is 0 Å². The van der Waals surface area contributed by atoms with Crippen molar-refractivity contribution in [2.75, 3.05) is 4.90 Å². The minimum Gasteiger partial charge on any atom is -0.307 e. The van der Waals surface area contributed by atoms with Crippen LogP contribution < -0.4 is 4.90 Å². The SMILES string of the molecule is CC(C)(C)C(=O)N(Cc1ccccc1)c1cccc([N+](=O)[O-])c1. The lowest BCUT2D eigenvalue weighted by atomic mass is 9.94. The van der Waals surface area contributed by atoms with E-state index in [0.29, 0.717) is 12.2 Å². The van der Waals surface area contributed by atoms with Crippen LogP contribution in [-0.4, -0.2) is 10.8 Å². The van der Waals surface area contributed by atoms with E-state index in [4.69, 9.17) is 0 Å². The zero-order chi connectivity index (χ0) is 17.0. The van der Waals surface area contributed by atoms with Crippen LogP contribution in [0.1, 0.15) is 26.3 Å². The number of carbonyl (C=O) groups excluding carboxylic acids is 1. The number of benzene rings is 2. The first kappa shape index (κ1) is 16.7. The molecule has 0 aromatic heterocycles. The number of hydrogen-bond acceptors (Lipinski definition) is 3. The summed E-state index contributed by atoms with van der Waals surface area (Å²) >= 11 is 0. The molecule has 2 aromatic carbocycles. The fourth-order valence-corrected chi connectivity index (χ4v) is 2.23. The molecule has 0 bridgehead atoms. The van der Waals surface area contributed by atoms with Crippen molar-refractivity contribution in [1.29, 1.82) is 0 Å².